The molecule has 0 unspecified atom stereocenters. The van der Waals surface area contributed by atoms with E-state index in [4.69, 9.17) is 11.1 Å². The Hall–Kier alpha value is -1.99. The summed E-state index contributed by atoms with van der Waals surface area (Å²) in [6.07, 6.45) is 0. The third kappa shape index (κ3) is 2.42. The molecule has 3 N–H and O–H groups in total. The van der Waals surface area contributed by atoms with Crippen molar-refractivity contribution in [1.29, 1.82) is 5.41 Å². The van der Waals surface area contributed by atoms with Gasteiger partial charge in [-0.15, -0.1) is 10.2 Å². The maximum atomic E-state index is 7.68. The van der Waals surface area contributed by atoms with Crippen molar-refractivity contribution in [3.63, 3.8) is 0 Å². The highest BCUT2D eigenvalue weighted by molar-refractivity contribution is 8.00. The summed E-state index contributed by atoms with van der Waals surface area (Å²) in [5.41, 5.74) is 8.83. The van der Waals surface area contributed by atoms with Crippen molar-refractivity contribution in [1.82, 2.24) is 15.2 Å². The van der Waals surface area contributed by atoms with Crippen LogP contribution in [0.5, 0.6) is 0 Å². The van der Waals surface area contributed by atoms with E-state index in [1.165, 1.54) is 23.1 Å². The number of hydrogen-bond donors (Lipinski definition) is 2. The van der Waals surface area contributed by atoms with Crippen molar-refractivity contribution in [3.8, 4) is 0 Å². The number of aromatic nitrogens is 3. The minimum atomic E-state index is 0.0395. The molecule has 0 saturated heterocycles. The lowest BCUT2D eigenvalue weighted by atomic mass is 10.1. The highest BCUT2D eigenvalue weighted by Crippen LogP contribution is 2.30. The number of hydrogen-bond acceptors (Lipinski definition) is 6. The average Bonchev–Trinajstić information content (AvgIpc) is 2.90. The highest BCUT2D eigenvalue weighted by Gasteiger charge is 2.10. The molecule has 0 aliphatic rings. The molecule has 3 aromatic rings. The van der Waals surface area contributed by atoms with Gasteiger partial charge in [0.1, 0.15) is 16.4 Å². The highest BCUT2D eigenvalue weighted by atomic mass is 32.2. The molecule has 7 heteroatoms. The molecule has 2 aromatic heterocycles. The third-order valence-electron chi connectivity index (χ3n) is 2.51. The minimum Gasteiger partial charge on any atom is -0.384 e. The van der Waals surface area contributed by atoms with Crippen LogP contribution in [0.4, 0.5) is 0 Å². The molecule has 2 heterocycles. The first kappa shape index (κ1) is 12.1. The molecule has 0 aliphatic carbocycles. The Bertz CT molecular complexity index is 739. The van der Waals surface area contributed by atoms with Gasteiger partial charge in [0.15, 0.2) is 4.34 Å². The van der Waals surface area contributed by atoms with Crippen LogP contribution in [0.3, 0.4) is 0 Å². The van der Waals surface area contributed by atoms with Gasteiger partial charge in [-0.1, -0.05) is 29.5 Å². The number of para-hydroxylation sites is 1. The second kappa shape index (κ2) is 4.94. The lowest BCUT2D eigenvalue weighted by Crippen LogP contribution is -2.12. The zero-order valence-electron chi connectivity index (χ0n) is 9.70. The van der Waals surface area contributed by atoms with Crippen molar-refractivity contribution >= 4 is 39.8 Å². The fraction of sp³-hybridized carbons (Fsp3) is 0. The lowest BCUT2D eigenvalue weighted by molar-refractivity contribution is 1.01. The molecular formula is C12H9N5S2. The van der Waals surface area contributed by atoms with Gasteiger partial charge in [-0.05, 0) is 23.9 Å². The number of rotatable bonds is 3. The summed E-state index contributed by atoms with van der Waals surface area (Å²) in [6.45, 7) is 0. The number of nitrogens with two attached hydrogens (primary N) is 1. The molecule has 0 saturated carbocycles. The van der Waals surface area contributed by atoms with Crippen LogP contribution in [0.15, 0.2) is 45.2 Å². The Balaban J connectivity index is 2.13. The molecule has 3 rings (SSSR count). The van der Waals surface area contributed by atoms with E-state index in [2.05, 4.69) is 15.2 Å². The van der Waals surface area contributed by atoms with E-state index in [1.54, 1.807) is 5.51 Å². The normalized spacial score (nSPS) is 10.7. The monoisotopic (exact) mass is 287 g/mol. The van der Waals surface area contributed by atoms with Crippen LogP contribution in [0.2, 0.25) is 0 Å². The van der Waals surface area contributed by atoms with E-state index in [0.717, 1.165) is 20.3 Å². The minimum absolute atomic E-state index is 0.0395. The summed E-state index contributed by atoms with van der Waals surface area (Å²) in [4.78, 5) is 4.54. The van der Waals surface area contributed by atoms with Gasteiger partial charge in [0.25, 0.3) is 0 Å². The number of nitrogen functional groups attached to an aromatic ring is 1. The summed E-state index contributed by atoms with van der Waals surface area (Å²) < 4.78 is 0.817. The second-order valence-electron chi connectivity index (χ2n) is 3.75. The van der Waals surface area contributed by atoms with Gasteiger partial charge in [0, 0.05) is 10.9 Å². The maximum Gasteiger partial charge on any atom is 0.180 e. The summed E-state index contributed by atoms with van der Waals surface area (Å²) >= 11 is 2.88. The SMILES string of the molecule is N=C(N)c1cc(Sc2nncs2)nc2ccccc12. The van der Waals surface area contributed by atoms with Crippen molar-refractivity contribution in [2.75, 3.05) is 0 Å². The van der Waals surface area contributed by atoms with Gasteiger partial charge in [0.2, 0.25) is 0 Å². The van der Waals surface area contributed by atoms with Crippen molar-refractivity contribution in [3.05, 3.63) is 41.4 Å². The second-order valence-corrected chi connectivity index (χ2v) is 5.85. The number of amidine groups is 1. The van der Waals surface area contributed by atoms with Crippen molar-refractivity contribution in [2.45, 2.75) is 9.37 Å². The molecule has 94 valence electrons. The number of fused-ring (bicyclic) bond motifs is 1. The largest absolute Gasteiger partial charge is 0.384 e. The Kier molecular flexibility index (Phi) is 3.14. The molecule has 0 bridgehead atoms. The number of nitrogens with zero attached hydrogens (tertiary/aromatic N) is 3. The van der Waals surface area contributed by atoms with Gasteiger partial charge >= 0.3 is 0 Å². The molecule has 0 radical (unpaired) electrons. The number of pyridine rings is 1. The zero-order valence-corrected chi connectivity index (χ0v) is 11.3. The van der Waals surface area contributed by atoms with Crippen LogP contribution in [0.25, 0.3) is 10.9 Å². The van der Waals surface area contributed by atoms with Gasteiger partial charge in [0.05, 0.1) is 5.52 Å². The first-order valence-electron chi connectivity index (χ1n) is 5.42. The van der Waals surface area contributed by atoms with Crippen LogP contribution in [-0.4, -0.2) is 21.0 Å². The standard InChI is InChI=1S/C12H9N5S2/c13-11(14)8-5-10(19-12-17-15-6-18-12)16-9-4-2-1-3-7(8)9/h1-6H,(H3,13,14). The topological polar surface area (TPSA) is 88.5 Å². The Morgan fingerprint density at radius 3 is 2.89 bits per heavy atom. The van der Waals surface area contributed by atoms with Gasteiger partial charge in [-0.25, -0.2) is 4.98 Å². The van der Waals surface area contributed by atoms with Crippen LogP contribution in [-0.2, 0) is 0 Å². The van der Waals surface area contributed by atoms with E-state index in [9.17, 15) is 0 Å². The summed E-state index contributed by atoms with van der Waals surface area (Å²) in [6, 6.07) is 9.47. The zero-order chi connectivity index (χ0) is 13.2. The smallest absolute Gasteiger partial charge is 0.180 e. The molecule has 0 atom stereocenters. The molecule has 0 fully saturated rings. The predicted molar refractivity (Wildman–Crippen MR) is 76.8 cm³/mol. The van der Waals surface area contributed by atoms with E-state index in [1.807, 2.05) is 30.3 Å². The van der Waals surface area contributed by atoms with Crippen LogP contribution < -0.4 is 5.73 Å². The van der Waals surface area contributed by atoms with Gasteiger partial charge in [-0.3, -0.25) is 5.41 Å². The summed E-state index contributed by atoms with van der Waals surface area (Å²) in [5.74, 6) is 0.0395. The Morgan fingerprint density at radius 2 is 2.16 bits per heavy atom. The molecule has 1 aromatic carbocycles. The first-order valence-corrected chi connectivity index (χ1v) is 7.12. The fourth-order valence-corrected chi connectivity index (χ4v) is 3.17. The van der Waals surface area contributed by atoms with E-state index in [-0.39, 0.29) is 5.84 Å². The van der Waals surface area contributed by atoms with Crippen LogP contribution in [0.1, 0.15) is 5.56 Å². The third-order valence-corrected chi connectivity index (χ3v) is 4.21. The first-order chi connectivity index (χ1) is 9.24. The quantitative estimate of drug-likeness (QED) is 0.571. The van der Waals surface area contributed by atoms with E-state index in [0.29, 0.717) is 5.56 Å². The summed E-state index contributed by atoms with van der Waals surface area (Å²) in [5, 5.41) is 17.1. The van der Waals surface area contributed by atoms with E-state index >= 15 is 0 Å². The number of nitrogens with one attached hydrogen (secondary N) is 1. The van der Waals surface area contributed by atoms with Crippen LogP contribution in [0, 0.1) is 5.41 Å². The fourth-order valence-electron chi connectivity index (χ4n) is 1.72. The Morgan fingerprint density at radius 1 is 1.32 bits per heavy atom. The number of benzene rings is 1. The molecule has 0 spiro atoms. The molecule has 0 aliphatic heterocycles. The van der Waals surface area contributed by atoms with Crippen LogP contribution >= 0.6 is 23.1 Å². The van der Waals surface area contributed by atoms with Gasteiger partial charge in [-0.2, -0.15) is 0 Å². The molecule has 0 amide bonds. The van der Waals surface area contributed by atoms with Crippen molar-refractivity contribution in [2.24, 2.45) is 5.73 Å². The Labute approximate surface area is 117 Å². The molecule has 19 heavy (non-hydrogen) atoms. The molecule has 5 nitrogen and oxygen atoms in total. The van der Waals surface area contributed by atoms with Crippen molar-refractivity contribution < 1.29 is 0 Å². The van der Waals surface area contributed by atoms with Gasteiger partial charge < -0.3 is 5.73 Å². The maximum absolute atomic E-state index is 7.68. The average molecular weight is 287 g/mol. The van der Waals surface area contributed by atoms with E-state index < -0.39 is 0 Å². The lowest BCUT2D eigenvalue weighted by Gasteiger charge is -2.06. The summed E-state index contributed by atoms with van der Waals surface area (Å²) in [7, 11) is 0. The predicted octanol–water partition coefficient (Wildman–Crippen LogP) is 2.52. The molecular weight excluding hydrogens is 278 g/mol.